The first-order chi connectivity index (χ1) is 9.01. The summed E-state index contributed by atoms with van der Waals surface area (Å²) in [7, 11) is 0. The number of halogens is 2. The van der Waals surface area contributed by atoms with Gasteiger partial charge in [-0.3, -0.25) is 4.79 Å². The number of hydrogen-bond donors (Lipinski definition) is 2. The van der Waals surface area contributed by atoms with Crippen LogP contribution in [0.5, 0.6) is 0 Å². The van der Waals surface area contributed by atoms with Crippen LogP contribution < -0.4 is 5.32 Å². The van der Waals surface area contributed by atoms with Gasteiger partial charge in [-0.1, -0.05) is 35.3 Å². The first-order valence-electron chi connectivity index (χ1n) is 5.48. The van der Waals surface area contributed by atoms with Crippen molar-refractivity contribution in [2.75, 3.05) is 5.32 Å². The average molecular weight is 316 g/mol. The molecule has 0 atom stereocenters. The van der Waals surface area contributed by atoms with E-state index in [1.54, 1.807) is 12.1 Å². The quantitative estimate of drug-likeness (QED) is 0.895. The van der Waals surface area contributed by atoms with E-state index in [9.17, 15) is 4.79 Å². The Morgan fingerprint density at radius 1 is 1.37 bits per heavy atom. The van der Waals surface area contributed by atoms with E-state index in [4.69, 9.17) is 28.3 Å². The smallest absolute Gasteiger partial charge is 0.258 e. The third-order valence-corrected chi connectivity index (χ3v) is 4.12. The van der Waals surface area contributed by atoms with E-state index in [2.05, 4.69) is 5.32 Å². The highest BCUT2D eigenvalue weighted by Gasteiger charge is 2.15. The molecule has 0 fully saturated rings. The summed E-state index contributed by atoms with van der Waals surface area (Å²) in [6.45, 7) is 1.80. The lowest BCUT2D eigenvalue weighted by Gasteiger charge is -2.09. The zero-order valence-electron chi connectivity index (χ0n) is 10.0. The molecule has 0 spiro atoms. The second-order valence-electron chi connectivity index (χ2n) is 4.00. The number of amides is 1. The third-order valence-electron chi connectivity index (χ3n) is 2.63. The maximum atomic E-state index is 12.1. The van der Waals surface area contributed by atoms with Crippen LogP contribution in [0.3, 0.4) is 0 Å². The topological polar surface area (TPSA) is 49.3 Å². The number of benzene rings is 1. The van der Waals surface area contributed by atoms with Gasteiger partial charge in [-0.15, -0.1) is 11.3 Å². The van der Waals surface area contributed by atoms with Crippen LogP contribution in [0.25, 0.3) is 0 Å². The van der Waals surface area contributed by atoms with Crippen LogP contribution in [0.2, 0.25) is 8.67 Å². The molecule has 0 saturated carbocycles. The van der Waals surface area contributed by atoms with Gasteiger partial charge in [-0.05, 0) is 30.2 Å². The zero-order valence-corrected chi connectivity index (χ0v) is 12.4. The van der Waals surface area contributed by atoms with Crippen LogP contribution in [0.1, 0.15) is 21.5 Å². The fourth-order valence-electron chi connectivity index (χ4n) is 1.59. The molecule has 3 nitrogen and oxygen atoms in total. The summed E-state index contributed by atoms with van der Waals surface area (Å²) in [5, 5.41) is 11.9. The van der Waals surface area contributed by atoms with Crippen LogP contribution in [0, 0.1) is 6.92 Å². The average Bonchev–Trinajstić information content (AvgIpc) is 2.71. The molecule has 6 heteroatoms. The minimum Gasteiger partial charge on any atom is -0.392 e. The van der Waals surface area contributed by atoms with E-state index < -0.39 is 0 Å². The molecule has 0 aliphatic heterocycles. The van der Waals surface area contributed by atoms with Gasteiger partial charge in [0, 0.05) is 5.69 Å². The van der Waals surface area contributed by atoms with Crippen molar-refractivity contribution < 1.29 is 9.90 Å². The molecule has 19 heavy (non-hydrogen) atoms. The number of aliphatic hydroxyl groups is 1. The second-order valence-corrected chi connectivity index (χ2v) is 6.28. The van der Waals surface area contributed by atoms with E-state index in [0.717, 1.165) is 22.5 Å². The maximum absolute atomic E-state index is 12.1. The maximum Gasteiger partial charge on any atom is 0.258 e. The van der Waals surface area contributed by atoms with Gasteiger partial charge in [-0.25, -0.2) is 0 Å². The molecule has 2 N–H and O–H groups in total. The van der Waals surface area contributed by atoms with E-state index in [-0.39, 0.29) is 12.5 Å². The lowest BCUT2D eigenvalue weighted by Crippen LogP contribution is -2.12. The highest BCUT2D eigenvalue weighted by atomic mass is 35.5. The molecule has 1 amide bonds. The summed E-state index contributed by atoms with van der Waals surface area (Å²) in [5.41, 5.74) is 2.64. The van der Waals surface area contributed by atoms with Gasteiger partial charge in [0.2, 0.25) is 0 Å². The Labute approximate surface area is 124 Å². The highest BCUT2D eigenvalue weighted by Crippen LogP contribution is 2.31. The summed E-state index contributed by atoms with van der Waals surface area (Å²) >= 11 is 12.9. The van der Waals surface area contributed by atoms with Gasteiger partial charge in [0.05, 0.1) is 16.5 Å². The fraction of sp³-hybridized carbons (Fsp3) is 0.154. The van der Waals surface area contributed by atoms with Crippen molar-refractivity contribution in [2.45, 2.75) is 13.5 Å². The van der Waals surface area contributed by atoms with Gasteiger partial charge >= 0.3 is 0 Å². The normalized spacial score (nSPS) is 10.5. The molecule has 0 radical (unpaired) electrons. The number of thiophene rings is 1. The molecule has 0 aliphatic carbocycles. The molecule has 100 valence electrons. The van der Waals surface area contributed by atoms with Gasteiger partial charge in [0.1, 0.15) is 4.34 Å². The number of carbonyl (C=O) groups is 1. The molecule has 1 heterocycles. The Kier molecular flexibility index (Phi) is 4.47. The number of nitrogens with one attached hydrogen (secondary N) is 1. The number of rotatable bonds is 3. The van der Waals surface area contributed by atoms with Crippen LogP contribution >= 0.6 is 34.5 Å². The molecule has 0 saturated heterocycles. The van der Waals surface area contributed by atoms with Crippen molar-refractivity contribution in [2.24, 2.45) is 0 Å². The van der Waals surface area contributed by atoms with E-state index >= 15 is 0 Å². The van der Waals surface area contributed by atoms with Gasteiger partial charge in [-0.2, -0.15) is 0 Å². The molecule has 0 unspecified atom stereocenters. The number of aliphatic hydroxyl groups excluding tert-OH is 1. The first-order valence-corrected chi connectivity index (χ1v) is 7.05. The Bertz CT molecular complexity index is 625. The van der Waals surface area contributed by atoms with E-state index in [1.165, 1.54) is 6.07 Å². The number of carbonyl (C=O) groups excluding carboxylic acids is 1. The Morgan fingerprint density at radius 3 is 2.68 bits per heavy atom. The molecule has 0 bridgehead atoms. The standard InChI is InChI=1S/C13H11Cl2NO2S/c1-7-2-3-8(6-17)4-10(7)16-13(18)9-5-11(14)19-12(9)15/h2-5,17H,6H2,1H3,(H,16,18). The number of hydrogen-bond acceptors (Lipinski definition) is 3. The third kappa shape index (κ3) is 3.28. The Morgan fingerprint density at radius 2 is 2.11 bits per heavy atom. The lowest BCUT2D eigenvalue weighted by atomic mass is 10.1. The summed E-state index contributed by atoms with van der Waals surface area (Å²) in [5.74, 6) is -0.314. The minimum absolute atomic E-state index is 0.0752. The van der Waals surface area contributed by atoms with Gasteiger partial charge < -0.3 is 10.4 Å². The van der Waals surface area contributed by atoms with E-state index in [0.29, 0.717) is 19.9 Å². The SMILES string of the molecule is Cc1ccc(CO)cc1NC(=O)c1cc(Cl)sc1Cl. The van der Waals surface area contributed by atoms with Crippen LogP contribution in [-0.2, 0) is 6.61 Å². The zero-order chi connectivity index (χ0) is 14.0. The molecule has 0 aliphatic rings. The summed E-state index contributed by atoms with van der Waals surface area (Å²) in [6, 6.07) is 6.91. The number of anilines is 1. The molecule has 2 aromatic rings. The lowest BCUT2D eigenvalue weighted by molar-refractivity contribution is 0.102. The van der Waals surface area contributed by atoms with Crippen molar-refractivity contribution in [3.8, 4) is 0 Å². The fourth-order valence-corrected chi connectivity index (χ4v) is 3.05. The van der Waals surface area contributed by atoms with Crippen molar-refractivity contribution in [3.63, 3.8) is 0 Å². The molecule has 1 aromatic heterocycles. The minimum atomic E-state index is -0.314. The van der Waals surface area contributed by atoms with Crippen molar-refractivity contribution in [3.05, 3.63) is 49.6 Å². The predicted octanol–water partition coefficient (Wildman–Crippen LogP) is 4.11. The molecular formula is C13H11Cl2NO2S. The predicted molar refractivity (Wildman–Crippen MR) is 79.4 cm³/mol. The highest BCUT2D eigenvalue weighted by molar-refractivity contribution is 7.20. The van der Waals surface area contributed by atoms with Crippen LogP contribution in [0.15, 0.2) is 24.3 Å². The van der Waals surface area contributed by atoms with Crippen LogP contribution in [0.4, 0.5) is 5.69 Å². The summed E-state index contributed by atoms with van der Waals surface area (Å²) < 4.78 is 0.828. The van der Waals surface area contributed by atoms with E-state index in [1.807, 2.05) is 13.0 Å². The molecular weight excluding hydrogens is 305 g/mol. The summed E-state index contributed by atoms with van der Waals surface area (Å²) in [4.78, 5) is 12.1. The Hall–Kier alpha value is -1.07. The monoisotopic (exact) mass is 315 g/mol. The summed E-state index contributed by atoms with van der Waals surface area (Å²) in [6.07, 6.45) is 0. The van der Waals surface area contributed by atoms with Crippen molar-refractivity contribution >= 4 is 46.1 Å². The molecule has 2 rings (SSSR count). The second kappa shape index (κ2) is 5.92. The van der Waals surface area contributed by atoms with Crippen molar-refractivity contribution in [1.29, 1.82) is 0 Å². The number of aryl methyl sites for hydroxylation is 1. The first kappa shape index (κ1) is 14.3. The molecule has 1 aromatic carbocycles. The van der Waals surface area contributed by atoms with Crippen molar-refractivity contribution in [1.82, 2.24) is 0 Å². The largest absolute Gasteiger partial charge is 0.392 e. The van der Waals surface area contributed by atoms with Gasteiger partial charge in [0.25, 0.3) is 5.91 Å². The van der Waals surface area contributed by atoms with Crippen LogP contribution in [-0.4, -0.2) is 11.0 Å². The Balaban J connectivity index is 2.26. The van der Waals surface area contributed by atoms with Gasteiger partial charge in [0.15, 0.2) is 0 Å².